The molecule has 0 N–H and O–H groups in total. The summed E-state index contributed by atoms with van der Waals surface area (Å²) in [5, 5.41) is 0. The predicted octanol–water partition coefficient (Wildman–Crippen LogP) is 7.22. The van der Waals surface area contributed by atoms with Crippen molar-refractivity contribution in [3.63, 3.8) is 0 Å². The van der Waals surface area contributed by atoms with Crippen LogP contribution in [-0.2, 0) is 0 Å². The van der Waals surface area contributed by atoms with Crippen LogP contribution >= 0.6 is 0 Å². The average molecular weight is 403 g/mol. The topological polar surface area (TPSA) is 18.5 Å². The van der Waals surface area contributed by atoms with Crippen LogP contribution in [0.15, 0.2) is 42.5 Å². The summed E-state index contributed by atoms with van der Waals surface area (Å²) < 4.78 is 39.2. The molecule has 0 aliphatic heterocycles. The van der Waals surface area contributed by atoms with Crippen molar-refractivity contribution in [3.8, 4) is 22.6 Å². The van der Waals surface area contributed by atoms with E-state index in [4.69, 9.17) is 9.47 Å². The minimum atomic E-state index is -0.495. The Bertz CT molecular complexity index is 740. The molecule has 4 heteroatoms. The molecule has 0 saturated heterocycles. The van der Waals surface area contributed by atoms with Gasteiger partial charge in [-0.1, -0.05) is 62.9 Å². The molecule has 0 spiro atoms. The van der Waals surface area contributed by atoms with Gasteiger partial charge in [-0.15, -0.1) is 0 Å². The molecule has 2 nitrogen and oxygen atoms in total. The van der Waals surface area contributed by atoms with Crippen molar-refractivity contribution in [2.24, 2.45) is 11.8 Å². The molecule has 2 aromatic rings. The molecular weight excluding hydrogens is 370 g/mol. The Hall–Kier alpha value is -2.10. The van der Waals surface area contributed by atoms with Gasteiger partial charge >= 0.3 is 0 Å². The molecule has 2 aromatic carbocycles. The Kier molecular flexibility index (Phi) is 8.33. The van der Waals surface area contributed by atoms with Crippen molar-refractivity contribution in [2.75, 3.05) is 19.9 Å². The number of rotatable bonds is 10. The maximum atomic E-state index is 15.2. The van der Waals surface area contributed by atoms with Gasteiger partial charge in [0, 0.05) is 12.0 Å². The van der Waals surface area contributed by atoms with Gasteiger partial charge in [-0.3, -0.25) is 4.39 Å². The maximum absolute atomic E-state index is 15.2. The van der Waals surface area contributed by atoms with Crippen molar-refractivity contribution < 1.29 is 18.3 Å². The van der Waals surface area contributed by atoms with E-state index in [0.29, 0.717) is 18.1 Å². The second-order valence-corrected chi connectivity index (χ2v) is 8.00. The molecule has 1 saturated carbocycles. The zero-order chi connectivity index (χ0) is 20.5. The van der Waals surface area contributed by atoms with Crippen molar-refractivity contribution in [3.05, 3.63) is 48.3 Å². The third-order valence-electron chi connectivity index (χ3n) is 5.81. The lowest BCUT2D eigenvalue weighted by Crippen LogP contribution is -2.20. The molecule has 0 unspecified atom stereocenters. The second kappa shape index (κ2) is 11.2. The van der Waals surface area contributed by atoms with Gasteiger partial charge in [-0.25, -0.2) is 0 Å². The van der Waals surface area contributed by atoms with Crippen LogP contribution in [0.25, 0.3) is 11.1 Å². The Morgan fingerprint density at radius 1 is 0.931 bits per heavy atom. The molecule has 0 radical (unpaired) electrons. The fourth-order valence-corrected chi connectivity index (χ4v) is 4.17. The summed E-state index contributed by atoms with van der Waals surface area (Å²) in [6.45, 7) is 2.42. The third-order valence-corrected chi connectivity index (χ3v) is 5.81. The van der Waals surface area contributed by atoms with E-state index in [1.54, 1.807) is 6.07 Å². The molecule has 1 aliphatic rings. The highest BCUT2D eigenvalue weighted by atomic mass is 19.1. The van der Waals surface area contributed by atoms with Gasteiger partial charge in [-0.2, -0.15) is 4.39 Å². The van der Waals surface area contributed by atoms with Crippen LogP contribution in [0, 0.1) is 17.7 Å². The van der Waals surface area contributed by atoms with Crippen molar-refractivity contribution in [2.45, 2.75) is 51.9 Å². The molecule has 158 valence electrons. The molecule has 0 amide bonds. The zero-order valence-electron chi connectivity index (χ0n) is 17.3. The van der Waals surface area contributed by atoms with Crippen LogP contribution in [-0.4, -0.2) is 19.9 Å². The Balaban J connectivity index is 1.70. The normalized spacial score (nSPS) is 19.1. The first-order valence-corrected chi connectivity index (χ1v) is 10.9. The summed E-state index contributed by atoms with van der Waals surface area (Å²) >= 11 is 0. The summed E-state index contributed by atoms with van der Waals surface area (Å²) in [5.74, 6) is 1.19. The fraction of sp³-hybridized carbons (Fsp3) is 0.520. The van der Waals surface area contributed by atoms with Crippen LogP contribution in [0.5, 0.6) is 11.5 Å². The van der Waals surface area contributed by atoms with E-state index in [1.165, 1.54) is 25.7 Å². The molecule has 3 rings (SSSR count). The lowest BCUT2D eigenvalue weighted by atomic mass is 9.80. The molecule has 1 aliphatic carbocycles. The molecule has 29 heavy (non-hydrogen) atoms. The summed E-state index contributed by atoms with van der Waals surface area (Å²) in [6.07, 6.45) is 7.57. The lowest BCUT2D eigenvalue weighted by Gasteiger charge is -2.28. The lowest BCUT2D eigenvalue weighted by molar-refractivity contribution is 0.173. The first kappa shape index (κ1) is 21.6. The fourth-order valence-electron chi connectivity index (χ4n) is 4.17. The minimum absolute atomic E-state index is 0.137. The van der Waals surface area contributed by atoms with Crippen LogP contribution in [0.4, 0.5) is 8.78 Å². The first-order chi connectivity index (χ1) is 14.2. The average Bonchev–Trinajstić information content (AvgIpc) is 2.76. The van der Waals surface area contributed by atoms with E-state index >= 15 is 4.39 Å². The number of benzene rings is 2. The number of hydrogen-bond donors (Lipinski definition) is 0. The molecular formula is C25H32F2O2. The predicted molar refractivity (Wildman–Crippen MR) is 114 cm³/mol. The minimum Gasteiger partial charge on any atom is -0.490 e. The smallest absolute Gasteiger partial charge is 0.207 e. The van der Waals surface area contributed by atoms with Gasteiger partial charge in [0.25, 0.3) is 0 Å². The monoisotopic (exact) mass is 402 g/mol. The molecule has 0 aromatic heterocycles. The number of hydrogen-bond acceptors (Lipinski definition) is 2. The zero-order valence-corrected chi connectivity index (χ0v) is 17.3. The highest BCUT2D eigenvalue weighted by molar-refractivity contribution is 5.72. The van der Waals surface area contributed by atoms with Crippen LogP contribution in [0.2, 0.25) is 0 Å². The number of ether oxygens (including phenoxy) is 2. The standard InChI is InChI=1S/C25H32F2O2/c1-2-7-19-10-12-20(13-11-19)18-29-23-15-14-22(21-8-4-3-5-9-21)25(24(23)27)28-17-6-16-26/h3-5,8-9,14-15,19-20H,2,6-7,10-13,16-18H2,1H3. The van der Waals surface area contributed by atoms with E-state index in [1.807, 2.05) is 36.4 Å². The second-order valence-electron chi connectivity index (χ2n) is 8.00. The van der Waals surface area contributed by atoms with Gasteiger partial charge in [0.1, 0.15) is 0 Å². The van der Waals surface area contributed by atoms with Crippen LogP contribution < -0.4 is 9.47 Å². The molecule has 0 bridgehead atoms. The van der Waals surface area contributed by atoms with Gasteiger partial charge in [0.15, 0.2) is 11.5 Å². The Morgan fingerprint density at radius 3 is 2.34 bits per heavy atom. The van der Waals surface area contributed by atoms with Crippen molar-refractivity contribution in [1.29, 1.82) is 0 Å². The van der Waals surface area contributed by atoms with Crippen molar-refractivity contribution >= 4 is 0 Å². The first-order valence-electron chi connectivity index (χ1n) is 10.9. The van der Waals surface area contributed by atoms with Crippen molar-refractivity contribution in [1.82, 2.24) is 0 Å². The quantitative estimate of drug-likeness (QED) is 0.391. The van der Waals surface area contributed by atoms with Crippen LogP contribution in [0.3, 0.4) is 0 Å². The Morgan fingerprint density at radius 2 is 1.66 bits per heavy atom. The van der Waals surface area contributed by atoms with Gasteiger partial charge in [0.2, 0.25) is 5.82 Å². The largest absolute Gasteiger partial charge is 0.490 e. The van der Waals surface area contributed by atoms with E-state index in [-0.39, 0.29) is 24.5 Å². The Labute approximate surface area is 173 Å². The third kappa shape index (κ3) is 5.94. The molecule has 0 atom stereocenters. The maximum Gasteiger partial charge on any atom is 0.207 e. The molecule has 1 fully saturated rings. The van der Waals surface area contributed by atoms with E-state index in [2.05, 4.69) is 6.92 Å². The highest BCUT2D eigenvalue weighted by Gasteiger charge is 2.23. The summed E-state index contributed by atoms with van der Waals surface area (Å²) in [4.78, 5) is 0. The van der Waals surface area contributed by atoms with Gasteiger partial charge < -0.3 is 9.47 Å². The summed E-state index contributed by atoms with van der Waals surface area (Å²) in [6, 6.07) is 13.0. The van der Waals surface area contributed by atoms with Crippen LogP contribution in [0.1, 0.15) is 51.9 Å². The summed E-state index contributed by atoms with van der Waals surface area (Å²) in [7, 11) is 0. The molecule has 0 heterocycles. The van der Waals surface area contributed by atoms with E-state index in [0.717, 1.165) is 24.3 Å². The van der Waals surface area contributed by atoms with Gasteiger partial charge in [0.05, 0.1) is 19.9 Å². The van der Waals surface area contributed by atoms with E-state index in [9.17, 15) is 4.39 Å². The summed E-state index contributed by atoms with van der Waals surface area (Å²) in [5.41, 5.74) is 1.52. The SMILES string of the molecule is CCCC1CCC(COc2ccc(-c3ccccc3)c(OCCCF)c2F)CC1. The number of halogens is 2. The van der Waals surface area contributed by atoms with Gasteiger partial charge in [-0.05, 0) is 42.4 Å². The van der Waals surface area contributed by atoms with E-state index < -0.39 is 12.5 Å². The highest BCUT2D eigenvalue weighted by Crippen LogP contribution is 2.38. The number of alkyl halides is 1.